The summed E-state index contributed by atoms with van der Waals surface area (Å²) >= 11 is 0. The number of aryl methyl sites for hydroxylation is 1. The van der Waals surface area contributed by atoms with Gasteiger partial charge in [0.1, 0.15) is 11.6 Å². The second kappa shape index (κ2) is 12.6. The number of halogens is 4. The number of aliphatic carboxylic acids is 1. The molecule has 0 heterocycles. The van der Waals surface area contributed by atoms with E-state index < -0.39 is 55.8 Å². The molecule has 0 spiro atoms. The Balaban J connectivity index is 1.37. The molecule has 0 aromatic heterocycles. The average molecular weight is 661 g/mol. The number of sulfone groups is 1. The van der Waals surface area contributed by atoms with Gasteiger partial charge in [-0.2, -0.15) is 13.2 Å². The summed E-state index contributed by atoms with van der Waals surface area (Å²) in [5, 5.41) is 14.3. The van der Waals surface area contributed by atoms with E-state index in [0.29, 0.717) is 18.4 Å². The lowest BCUT2D eigenvalue weighted by Crippen LogP contribution is -2.47. The monoisotopic (exact) mass is 660 g/mol. The highest BCUT2D eigenvalue weighted by molar-refractivity contribution is 7.92. The molecule has 2 aliphatic rings. The fourth-order valence-corrected chi connectivity index (χ4v) is 6.74. The van der Waals surface area contributed by atoms with E-state index in [1.54, 1.807) is 24.3 Å². The number of anilines is 1. The fraction of sp³-hybridized carbons (Fsp3) is 0.281. The number of carbonyl (C=O) groups is 3. The summed E-state index contributed by atoms with van der Waals surface area (Å²) < 4.78 is 83.3. The van der Waals surface area contributed by atoms with Gasteiger partial charge in [-0.3, -0.25) is 14.4 Å². The molecule has 4 atom stereocenters. The summed E-state index contributed by atoms with van der Waals surface area (Å²) in [4.78, 5) is 36.9. The lowest BCUT2D eigenvalue weighted by atomic mass is 9.87. The van der Waals surface area contributed by atoms with Crippen LogP contribution in [0.15, 0.2) is 77.7 Å². The number of benzene rings is 3. The van der Waals surface area contributed by atoms with Gasteiger partial charge in [-0.05, 0) is 60.1 Å². The first-order valence-electron chi connectivity index (χ1n) is 14.1. The van der Waals surface area contributed by atoms with Crippen molar-refractivity contribution in [2.75, 3.05) is 12.4 Å². The van der Waals surface area contributed by atoms with E-state index in [1.165, 1.54) is 19.2 Å². The smallest absolute Gasteiger partial charge is 0.496 e. The zero-order valence-electron chi connectivity index (χ0n) is 24.2. The van der Waals surface area contributed by atoms with Gasteiger partial charge in [0.15, 0.2) is 0 Å². The SMILES string of the molecule is COc1cc(F)c(-c2ccc(CCC(=O)O)cc2)cc1C(=O)N[C@@H]1[C@H](C(=O)Nc2cccc(S(=O)(=O)C(F)(F)F)c2)[C@H]2C=C[C@@H]1C2. The summed E-state index contributed by atoms with van der Waals surface area (Å²) in [6.45, 7) is 0. The molecular formula is C32H28F4N2O7S. The number of hydrogen-bond donors (Lipinski definition) is 3. The quantitative estimate of drug-likeness (QED) is 0.196. The van der Waals surface area contributed by atoms with Crippen LogP contribution in [0.2, 0.25) is 0 Å². The summed E-state index contributed by atoms with van der Waals surface area (Å²) in [7, 11) is -4.37. The van der Waals surface area contributed by atoms with Crippen molar-refractivity contribution in [3.63, 3.8) is 0 Å². The Morgan fingerprint density at radius 1 is 1.00 bits per heavy atom. The van der Waals surface area contributed by atoms with E-state index in [2.05, 4.69) is 10.6 Å². The average Bonchev–Trinajstić information content (AvgIpc) is 3.62. The van der Waals surface area contributed by atoms with Crippen LogP contribution in [0, 0.1) is 23.6 Å². The third kappa shape index (κ3) is 6.48. The Hall–Kier alpha value is -4.72. The number of methoxy groups -OCH3 is 1. The molecule has 14 heteroatoms. The van der Waals surface area contributed by atoms with Crippen LogP contribution in [0.5, 0.6) is 5.75 Å². The number of hydrogen-bond acceptors (Lipinski definition) is 6. The maximum Gasteiger partial charge on any atom is 0.501 e. The lowest BCUT2D eigenvalue weighted by molar-refractivity contribution is -0.137. The first kappa shape index (κ1) is 32.7. The normalized spacial score (nSPS) is 20.4. The van der Waals surface area contributed by atoms with Crippen molar-refractivity contribution in [3.05, 3.63) is 89.8 Å². The van der Waals surface area contributed by atoms with Gasteiger partial charge in [-0.1, -0.05) is 42.5 Å². The molecule has 3 aromatic carbocycles. The summed E-state index contributed by atoms with van der Waals surface area (Å²) in [5.74, 6) is -4.34. The molecule has 9 nitrogen and oxygen atoms in total. The third-order valence-corrected chi connectivity index (χ3v) is 9.69. The molecular weight excluding hydrogens is 632 g/mol. The van der Waals surface area contributed by atoms with Crippen molar-refractivity contribution in [1.82, 2.24) is 5.32 Å². The minimum Gasteiger partial charge on any atom is -0.496 e. The zero-order valence-corrected chi connectivity index (χ0v) is 25.0. The van der Waals surface area contributed by atoms with Crippen LogP contribution >= 0.6 is 0 Å². The van der Waals surface area contributed by atoms with Crippen LogP contribution < -0.4 is 15.4 Å². The molecule has 0 unspecified atom stereocenters. The molecule has 1 saturated carbocycles. The zero-order chi connectivity index (χ0) is 33.4. The number of allylic oxidation sites excluding steroid dienone is 1. The number of alkyl halides is 3. The van der Waals surface area contributed by atoms with Crippen molar-refractivity contribution in [3.8, 4) is 16.9 Å². The van der Waals surface area contributed by atoms with Crippen molar-refractivity contribution in [2.24, 2.45) is 17.8 Å². The van der Waals surface area contributed by atoms with Crippen LogP contribution in [0.25, 0.3) is 11.1 Å². The predicted octanol–water partition coefficient (Wildman–Crippen LogP) is 5.37. The van der Waals surface area contributed by atoms with Crippen LogP contribution in [0.3, 0.4) is 0 Å². The summed E-state index contributed by atoms with van der Waals surface area (Å²) in [6, 6.07) is 12.0. The molecule has 5 rings (SSSR count). The van der Waals surface area contributed by atoms with E-state index in [-0.39, 0.29) is 40.8 Å². The first-order valence-corrected chi connectivity index (χ1v) is 15.6. The lowest BCUT2D eigenvalue weighted by Gasteiger charge is -2.28. The Labute approximate surface area is 261 Å². The molecule has 1 fully saturated rings. The van der Waals surface area contributed by atoms with Crippen molar-refractivity contribution < 1.29 is 50.2 Å². The van der Waals surface area contributed by atoms with E-state index in [0.717, 1.165) is 29.8 Å². The summed E-state index contributed by atoms with van der Waals surface area (Å²) in [6.07, 6.45) is 4.42. The van der Waals surface area contributed by atoms with Gasteiger partial charge < -0.3 is 20.5 Å². The van der Waals surface area contributed by atoms with Gasteiger partial charge >= 0.3 is 11.5 Å². The maximum atomic E-state index is 15.1. The molecule has 0 aliphatic heterocycles. The van der Waals surface area contributed by atoms with Gasteiger partial charge in [-0.15, -0.1) is 0 Å². The van der Waals surface area contributed by atoms with Gasteiger partial charge in [0.05, 0.1) is 23.5 Å². The number of fused-ring (bicyclic) bond motifs is 2. The fourth-order valence-electron chi connectivity index (χ4n) is 5.93. The Kier molecular flexibility index (Phi) is 8.94. The molecule has 2 bridgehead atoms. The van der Waals surface area contributed by atoms with E-state index in [4.69, 9.17) is 9.84 Å². The number of ether oxygens (including phenoxy) is 1. The van der Waals surface area contributed by atoms with Crippen molar-refractivity contribution >= 4 is 33.3 Å². The van der Waals surface area contributed by atoms with Crippen molar-refractivity contribution in [1.29, 1.82) is 0 Å². The molecule has 46 heavy (non-hydrogen) atoms. The predicted molar refractivity (Wildman–Crippen MR) is 158 cm³/mol. The maximum absolute atomic E-state index is 15.1. The van der Waals surface area contributed by atoms with Crippen LogP contribution in [-0.2, 0) is 25.8 Å². The molecule has 0 radical (unpaired) electrons. The first-order chi connectivity index (χ1) is 21.7. The summed E-state index contributed by atoms with van der Waals surface area (Å²) in [5.41, 5.74) is -4.43. The molecule has 3 aromatic rings. The largest absolute Gasteiger partial charge is 0.501 e. The molecule has 0 saturated heterocycles. The standard InChI is InChI=1S/C32H28F4N2O7S/c1-45-26-16-25(33)23(18-8-5-17(6-9-18)7-12-27(39)40)15-24(26)30(41)38-29-20-11-10-19(13-20)28(29)31(42)37-21-3-2-4-22(14-21)46(43,44)32(34,35)36/h2-6,8-11,14-16,19-20,28-29H,7,12-13H2,1H3,(H,37,42)(H,38,41)(H,39,40)/t19-,20+,28+,29-/m0/s1. The number of carboxylic acids is 1. The number of carbonyl (C=O) groups excluding carboxylic acids is 2. The highest BCUT2D eigenvalue weighted by Crippen LogP contribution is 2.45. The number of rotatable bonds is 10. The van der Waals surface area contributed by atoms with Gasteiger partial charge in [-0.25, -0.2) is 12.8 Å². The van der Waals surface area contributed by atoms with Crippen LogP contribution in [0.4, 0.5) is 23.2 Å². The van der Waals surface area contributed by atoms with Gasteiger partial charge in [0.25, 0.3) is 15.7 Å². The molecule has 2 aliphatic carbocycles. The van der Waals surface area contributed by atoms with Crippen LogP contribution in [-0.4, -0.2) is 50.0 Å². The van der Waals surface area contributed by atoms with Crippen molar-refractivity contribution in [2.45, 2.75) is 35.7 Å². The molecule has 3 N–H and O–H groups in total. The Morgan fingerprint density at radius 3 is 2.35 bits per heavy atom. The Bertz CT molecular complexity index is 1820. The minimum atomic E-state index is -5.64. The number of nitrogens with one attached hydrogen (secondary N) is 2. The molecule has 242 valence electrons. The second-order valence-corrected chi connectivity index (χ2v) is 13.0. The van der Waals surface area contributed by atoms with Crippen LogP contribution in [0.1, 0.15) is 28.8 Å². The number of amides is 2. The Morgan fingerprint density at radius 2 is 1.70 bits per heavy atom. The van der Waals surface area contributed by atoms with Gasteiger partial charge in [0, 0.05) is 29.8 Å². The highest BCUT2D eigenvalue weighted by atomic mass is 32.2. The second-order valence-electron chi connectivity index (χ2n) is 11.1. The van der Waals surface area contributed by atoms with E-state index in [9.17, 15) is 36.0 Å². The molecule has 2 amide bonds. The van der Waals surface area contributed by atoms with E-state index >= 15 is 4.39 Å². The third-order valence-electron chi connectivity index (χ3n) is 8.20. The minimum absolute atomic E-state index is 0.00942. The van der Waals surface area contributed by atoms with Gasteiger partial charge in [0.2, 0.25) is 5.91 Å². The number of carboxylic acid groups (broad SMARTS) is 1. The van der Waals surface area contributed by atoms with E-state index in [1.807, 2.05) is 12.2 Å². The highest BCUT2D eigenvalue weighted by Gasteiger charge is 2.49. The topological polar surface area (TPSA) is 139 Å².